The van der Waals surface area contributed by atoms with E-state index >= 15 is 0 Å². The molecule has 1 aliphatic heterocycles. The summed E-state index contributed by atoms with van der Waals surface area (Å²) in [7, 11) is 0. The first-order valence-corrected chi connectivity index (χ1v) is 7.43. The second-order valence-corrected chi connectivity index (χ2v) is 6.64. The van der Waals surface area contributed by atoms with Crippen molar-refractivity contribution in [3.05, 3.63) is 35.4 Å². The summed E-state index contributed by atoms with van der Waals surface area (Å²) in [6.45, 7) is 6.45. The average Bonchev–Trinajstić information content (AvgIpc) is 2.83. The van der Waals surface area contributed by atoms with Gasteiger partial charge < -0.3 is 15.4 Å². The Balaban J connectivity index is 2.05. The molecule has 0 aliphatic carbocycles. The fourth-order valence-electron chi connectivity index (χ4n) is 2.56. The zero-order valence-corrected chi connectivity index (χ0v) is 13.3. The lowest BCUT2D eigenvalue weighted by Gasteiger charge is -2.24. The van der Waals surface area contributed by atoms with Crippen LogP contribution in [0.15, 0.2) is 24.3 Å². The standard InChI is InChI=1S/C16H21F3N2O2/c1-15(2,3)23-14(22)21-13-9-20-8-12(13)10-4-6-11(7-5-10)16(17,18)19/h4-7,12-13,20H,8-9H2,1-3H3,(H,21,22)/t12-,13+/m0/s1. The number of amides is 1. The maximum absolute atomic E-state index is 12.6. The minimum Gasteiger partial charge on any atom is -0.444 e. The molecule has 1 fully saturated rings. The van der Waals surface area contributed by atoms with Crippen LogP contribution < -0.4 is 10.6 Å². The lowest BCUT2D eigenvalue weighted by Crippen LogP contribution is -2.42. The second kappa shape index (κ2) is 6.39. The molecule has 128 valence electrons. The molecule has 1 heterocycles. The molecule has 7 heteroatoms. The highest BCUT2D eigenvalue weighted by Gasteiger charge is 2.33. The van der Waals surface area contributed by atoms with Crippen LogP contribution in [0.1, 0.15) is 37.8 Å². The first-order chi connectivity index (χ1) is 10.6. The van der Waals surface area contributed by atoms with Crippen molar-refractivity contribution in [2.24, 2.45) is 0 Å². The van der Waals surface area contributed by atoms with E-state index in [1.54, 1.807) is 20.8 Å². The van der Waals surface area contributed by atoms with Gasteiger partial charge in [0.15, 0.2) is 0 Å². The molecule has 0 unspecified atom stereocenters. The molecule has 0 saturated carbocycles. The smallest absolute Gasteiger partial charge is 0.416 e. The number of hydrogen-bond acceptors (Lipinski definition) is 3. The minimum absolute atomic E-state index is 0.0928. The van der Waals surface area contributed by atoms with E-state index in [0.29, 0.717) is 13.1 Å². The monoisotopic (exact) mass is 330 g/mol. The number of carbonyl (C=O) groups excluding carboxylic acids is 1. The Hall–Kier alpha value is -1.76. The van der Waals surface area contributed by atoms with Gasteiger partial charge in [0.25, 0.3) is 0 Å². The molecule has 2 N–H and O–H groups in total. The van der Waals surface area contributed by atoms with Crippen molar-refractivity contribution >= 4 is 6.09 Å². The molecular formula is C16H21F3N2O2. The van der Waals surface area contributed by atoms with Crippen molar-refractivity contribution in [2.75, 3.05) is 13.1 Å². The predicted molar refractivity (Wildman–Crippen MR) is 80.2 cm³/mol. The maximum Gasteiger partial charge on any atom is 0.416 e. The average molecular weight is 330 g/mol. The zero-order valence-electron chi connectivity index (χ0n) is 13.3. The molecular weight excluding hydrogens is 309 g/mol. The van der Waals surface area contributed by atoms with E-state index in [0.717, 1.165) is 17.7 Å². The molecule has 23 heavy (non-hydrogen) atoms. The number of alkyl carbamates (subject to hydrolysis) is 1. The summed E-state index contributed by atoms with van der Waals surface area (Å²) >= 11 is 0. The van der Waals surface area contributed by atoms with Crippen LogP contribution in [0.4, 0.5) is 18.0 Å². The highest BCUT2D eigenvalue weighted by molar-refractivity contribution is 5.68. The molecule has 0 aromatic heterocycles. The summed E-state index contributed by atoms with van der Waals surface area (Å²) in [4.78, 5) is 11.9. The SMILES string of the molecule is CC(C)(C)OC(=O)N[C@@H]1CNC[C@H]1c1ccc(C(F)(F)F)cc1. The van der Waals surface area contributed by atoms with Gasteiger partial charge in [-0.1, -0.05) is 12.1 Å². The van der Waals surface area contributed by atoms with E-state index in [-0.39, 0.29) is 12.0 Å². The lowest BCUT2D eigenvalue weighted by molar-refractivity contribution is -0.137. The molecule has 1 aliphatic rings. The molecule has 1 aromatic rings. The highest BCUT2D eigenvalue weighted by Crippen LogP contribution is 2.31. The number of hydrogen-bond donors (Lipinski definition) is 2. The lowest BCUT2D eigenvalue weighted by atomic mass is 9.93. The Morgan fingerprint density at radius 3 is 2.30 bits per heavy atom. The van der Waals surface area contributed by atoms with Gasteiger partial charge in [-0.25, -0.2) is 4.79 Å². The summed E-state index contributed by atoms with van der Waals surface area (Å²) in [5.41, 5.74) is -0.520. The Morgan fingerprint density at radius 1 is 1.17 bits per heavy atom. The first kappa shape index (κ1) is 17.6. The summed E-state index contributed by atoms with van der Waals surface area (Å²) < 4.78 is 43.1. The number of halogens is 3. The molecule has 4 nitrogen and oxygen atoms in total. The highest BCUT2D eigenvalue weighted by atomic mass is 19.4. The van der Waals surface area contributed by atoms with Crippen molar-refractivity contribution in [3.63, 3.8) is 0 Å². The van der Waals surface area contributed by atoms with Gasteiger partial charge in [0.05, 0.1) is 11.6 Å². The molecule has 2 rings (SSSR count). The van der Waals surface area contributed by atoms with Crippen molar-refractivity contribution in [1.82, 2.24) is 10.6 Å². The Labute approximate surface area is 133 Å². The van der Waals surface area contributed by atoms with Gasteiger partial charge in [-0.15, -0.1) is 0 Å². The van der Waals surface area contributed by atoms with Crippen LogP contribution in [0.25, 0.3) is 0 Å². The number of benzene rings is 1. The van der Waals surface area contributed by atoms with Gasteiger partial charge in [0, 0.05) is 19.0 Å². The molecule has 0 bridgehead atoms. The van der Waals surface area contributed by atoms with Gasteiger partial charge in [-0.3, -0.25) is 0 Å². The van der Waals surface area contributed by atoms with E-state index in [9.17, 15) is 18.0 Å². The van der Waals surface area contributed by atoms with Gasteiger partial charge in [0.2, 0.25) is 0 Å². The summed E-state index contributed by atoms with van der Waals surface area (Å²) in [6.07, 6.45) is -4.87. The van der Waals surface area contributed by atoms with E-state index in [1.165, 1.54) is 12.1 Å². The Morgan fingerprint density at radius 2 is 1.78 bits per heavy atom. The predicted octanol–water partition coefficient (Wildman–Crippen LogP) is 3.29. The number of alkyl halides is 3. The van der Waals surface area contributed by atoms with Crippen molar-refractivity contribution in [2.45, 2.75) is 44.5 Å². The summed E-state index contributed by atoms with van der Waals surface area (Å²) in [6, 6.07) is 4.84. The van der Waals surface area contributed by atoms with E-state index in [2.05, 4.69) is 10.6 Å². The molecule has 0 radical (unpaired) electrons. The van der Waals surface area contributed by atoms with Crippen molar-refractivity contribution in [1.29, 1.82) is 0 Å². The van der Waals surface area contributed by atoms with Crippen LogP contribution in [-0.2, 0) is 10.9 Å². The summed E-state index contributed by atoms with van der Waals surface area (Å²) in [5, 5.41) is 5.92. The van der Waals surface area contributed by atoms with E-state index in [1.807, 2.05) is 0 Å². The number of rotatable bonds is 2. The maximum atomic E-state index is 12.6. The van der Waals surface area contributed by atoms with Crippen LogP contribution in [0.5, 0.6) is 0 Å². The van der Waals surface area contributed by atoms with Gasteiger partial charge >= 0.3 is 12.3 Å². The van der Waals surface area contributed by atoms with Crippen molar-refractivity contribution in [3.8, 4) is 0 Å². The van der Waals surface area contributed by atoms with Crippen LogP contribution in [0.3, 0.4) is 0 Å². The minimum atomic E-state index is -4.35. The van der Waals surface area contributed by atoms with Crippen LogP contribution in [-0.4, -0.2) is 30.8 Å². The third-order valence-corrected chi connectivity index (χ3v) is 3.58. The van der Waals surface area contributed by atoms with Crippen LogP contribution >= 0.6 is 0 Å². The molecule has 0 spiro atoms. The molecule has 2 atom stereocenters. The van der Waals surface area contributed by atoms with Crippen LogP contribution in [0, 0.1) is 0 Å². The van der Waals surface area contributed by atoms with Gasteiger partial charge in [-0.05, 0) is 38.5 Å². The summed E-state index contributed by atoms with van der Waals surface area (Å²) in [5.74, 6) is -0.0928. The number of carbonyl (C=O) groups is 1. The Kier molecular flexibility index (Phi) is 4.89. The van der Waals surface area contributed by atoms with Crippen molar-refractivity contribution < 1.29 is 22.7 Å². The number of ether oxygens (including phenoxy) is 1. The zero-order chi connectivity index (χ0) is 17.3. The van der Waals surface area contributed by atoms with Crippen LogP contribution in [0.2, 0.25) is 0 Å². The van der Waals surface area contributed by atoms with Gasteiger partial charge in [-0.2, -0.15) is 13.2 Å². The van der Waals surface area contributed by atoms with Gasteiger partial charge in [0.1, 0.15) is 5.60 Å². The third kappa shape index (κ3) is 4.86. The molecule has 1 amide bonds. The largest absolute Gasteiger partial charge is 0.444 e. The second-order valence-electron chi connectivity index (χ2n) is 6.64. The Bertz CT molecular complexity index is 550. The molecule has 1 aromatic carbocycles. The van der Waals surface area contributed by atoms with E-state index in [4.69, 9.17) is 4.74 Å². The fourth-order valence-corrected chi connectivity index (χ4v) is 2.56. The molecule has 1 saturated heterocycles. The number of nitrogens with one attached hydrogen (secondary N) is 2. The van der Waals surface area contributed by atoms with E-state index < -0.39 is 23.4 Å². The first-order valence-electron chi connectivity index (χ1n) is 7.43. The third-order valence-electron chi connectivity index (χ3n) is 3.58. The topological polar surface area (TPSA) is 50.4 Å². The normalized spacial score (nSPS) is 22.0. The quantitative estimate of drug-likeness (QED) is 0.875. The fraction of sp³-hybridized carbons (Fsp3) is 0.562.